The maximum Gasteiger partial charge on any atom is 0.224 e. The lowest BCUT2D eigenvalue weighted by atomic mass is 9.95. The van der Waals surface area contributed by atoms with Gasteiger partial charge in [0.05, 0.1) is 17.9 Å². The van der Waals surface area contributed by atoms with Gasteiger partial charge in [0.2, 0.25) is 5.91 Å². The Hall–Kier alpha value is -2.95. The highest BCUT2D eigenvalue weighted by Gasteiger charge is 2.27. The molecule has 0 fully saturated rings. The lowest BCUT2D eigenvalue weighted by Crippen LogP contribution is -2.29. The van der Waals surface area contributed by atoms with Gasteiger partial charge in [0.25, 0.3) is 0 Å². The summed E-state index contributed by atoms with van der Waals surface area (Å²) in [6.07, 6.45) is 0. The second kappa shape index (κ2) is 6.41. The molecule has 0 spiro atoms. The fourth-order valence-corrected chi connectivity index (χ4v) is 3.57. The first-order chi connectivity index (χ1) is 12.6. The smallest absolute Gasteiger partial charge is 0.224 e. The molecule has 0 N–H and O–H groups in total. The van der Waals surface area contributed by atoms with E-state index in [9.17, 15) is 4.79 Å². The van der Waals surface area contributed by atoms with Gasteiger partial charge in [-0.25, -0.2) is 4.68 Å². The molecule has 0 atom stereocenters. The summed E-state index contributed by atoms with van der Waals surface area (Å²) in [6, 6.07) is 16.2. The van der Waals surface area contributed by atoms with Crippen molar-refractivity contribution in [3.8, 4) is 22.5 Å². The predicted molar refractivity (Wildman–Crippen MR) is 103 cm³/mol. The number of anilines is 1. The first-order valence-corrected chi connectivity index (χ1v) is 8.95. The van der Waals surface area contributed by atoms with Crippen molar-refractivity contribution in [2.45, 2.75) is 33.9 Å². The van der Waals surface area contributed by atoms with Crippen LogP contribution in [-0.4, -0.2) is 20.9 Å². The average Bonchev–Trinajstić information content (AvgIpc) is 3.00. The third kappa shape index (κ3) is 2.69. The summed E-state index contributed by atoms with van der Waals surface area (Å²) in [5.41, 5.74) is 5.89. The lowest BCUT2D eigenvalue weighted by molar-refractivity contribution is -0.116. The van der Waals surface area contributed by atoms with Crippen molar-refractivity contribution >= 4 is 11.6 Å². The second-order valence-electron chi connectivity index (χ2n) is 7.14. The summed E-state index contributed by atoms with van der Waals surface area (Å²) >= 11 is 0. The van der Waals surface area contributed by atoms with Gasteiger partial charge >= 0.3 is 0 Å². The predicted octanol–water partition coefficient (Wildman–Crippen LogP) is 4.13. The van der Waals surface area contributed by atoms with Crippen molar-refractivity contribution in [1.82, 2.24) is 15.0 Å². The number of aromatic nitrogens is 3. The Balaban J connectivity index is 2.06. The van der Waals surface area contributed by atoms with Crippen molar-refractivity contribution in [3.05, 3.63) is 54.1 Å². The number of fused-ring (bicyclic) bond motifs is 5. The molecule has 0 saturated carbocycles. The van der Waals surface area contributed by atoms with E-state index in [-0.39, 0.29) is 5.91 Å². The minimum Gasteiger partial charge on any atom is -0.308 e. The first kappa shape index (κ1) is 16.5. The molecular formula is C21H22N4O. The molecule has 0 bridgehead atoms. The quantitative estimate of drug-likeness (QED) is 0.701. The molecule has 2 heterocycles. The van der Waals surface area contributed by atoms with Crippen LogP contribution in [0.2, 0.25) is 0 Å². The minimum absolute atomic E-state index is 0.0265. The molecule has 0 unspecified atom stereocenters. The number of nitrogens with zero attached hydrogens (tertiary/aromatic N) is 4. The Morgan fingerprint density at radius 3 is 2.50 bits per heavy atom. The highest BCUT2D eigenvalue weighted by Crippen LogP contribution is 2.41. The van der Waals surface area contributed by atoms with Crippen LogP contribution in [0.25, 0.3) is 22.5 Å². The maximum atomic E-state index is 12.4. The number of carbonyl (C=O) groups is 1. The molecular weight excluding hydrogens is 324 g/mol. The fraction of sp³-hybridized carbons (Fsp3) is 0.286. The number of amides is 1. The third-order valence-electron chi connectivity index (χ3n) is 4.70. The number of carbonyl (C=O) groups excluding carboxylic acids is 1. The van der Waals surface area contributed by atoms with Crippen LogP contribution in [0.5, 0.6) is 0 Å². The molecule has 0 saturated heterocycles. The van der Waals surface area contributed by atoms with E-state index in [1.165, 1.54) is 0 Å². The third-order valence-corrected chi connectivity index (χ3v) is 4.70. The molecule has 2 aromatic carbocycles. The van der Waals surface area contributed by atoms with Crippen LogP contribution in [0.1, 0.15) is 26.3 Å². The van der Waals surface area contributed by atoms with Crippen molar-refractivity contribution in [1.29, 1.82) is 0 Å². The molecule has 4 rings (SSSR count). The van der Waals surface area contributed by atoms with E-state index in [1.54, 1.807) is 6.92 Å². The maximum absolute atomic E-state index is 12.4. The zero-order chi connectivity index (χ0) is 18.3. The molecule has 1 amide bonds. The first-order valence-electron chi connectivity index (χ1n) is 8.95. The zero-order valence-corrected chi connectivity index (χ0v) is 15.3. The van der Waals surface area contributed by atoms with Crippen LogP contribution >= 0.6 is 0 Å². The van der Waals surface area contributed by atoms with Crippen molar-refractivity contribution in [2.24, 2.45) is 5.92 Å². The van der Waals surface area contributed by atoms with Gasteiger partial charge in [-0.15, -0.1) is 5.10 Å². The summed E-state index contributed by atoms with van der Waals surface area (Å²) in [5, 5.41) is 8.98. The molecule has 5 nitrogen and oxygen atoms in total. The van der Waals surface area contributed by atoms with E-state index in [1.807, 2.05) is 39.9 Å². The summed E-state index contributed by atoms with van der Waals surface area (Å²) < 4.78 is 1.97. The molecule has 1 aliphatic heterocycles. The highest BCUT2D eigenvalue weighted by molar-refractivity contribution is 5.99. The van der Waals surface area contributed by atoms with Crippen molar-refractivity contribution in [3.63, 3.8) is 0 Å². The van der Waals surface area contributed by atoms with Crippen LogP contribution in [0.4, 0.5) is 5.69 Å². The van der Waals surface area contributed by atoms with Gasteiger partial charge < -0.3 is 4.90 Å². The van der Waals surface area contributed by atoms with E-state index in [0.29, 0.717) is 12.5 Å². The topological polar surface area (TPSA) is 51.0 Å². The Morgan fingerprint density at radius 1 is 1.08 bits per heavy atom. The normalized spacial score (nSPS) is 12.8. The number of rotatable bonds is 2. The molecule has 1 aromatic heterocycles. The lowest BCUT2D eigenvalue weighted by Gasteiger charge is -2.27. The Kier molecular flexibility index (Phi) is 4.07. The molecule has 0 radical (unpaired) electrons. The molecule has 26 heavy (non-hydrogen) atoms. The summed E-state index contributed by atoms with van der Waals surface area (Å²) in [6.45, 7) is 7.25. The van der Waals surface area contributed by atoms with E-state index < -0.39 is 0 Å². The Morgan fingerprint density at radius 2 is 1.77 bits per heavy atom. The number of hydrogen-bond acceptors (Lipinski definition) is 3. The van der Waals surface area contributed by atoms with Gasteiger partial charge in [-0.05, 0) is 17.5 Å². The van der Waals surface area contributed by atoms with Crippen LogP contribution in [0.15, 0.2) is 48.5 Å². The van der Waals surface area contributed by atoms with Gasteiger partial charge in [-0.1, -0.05) is 61.5 Å². The molecule has 1 aliphatic rings. The van der Waals surface area contributed by atoms with E-state index in [4.69, 9.17) is 0 Å². The molecule has 132 valence electrons. The fourth-order valence-electron chi connectivity index (χ4n) is 3.57. The van der Waals surface area contributed by atoms with Crippen molar-refractivity contribution in [2.75, 3.05) is 4.90 Å². The molecule has 5 heteroatoms. The van der Waals surface area contributed by atoms with E-state index >= 15 is 0 Å². The summed E-state index contributed by atoms with van der Waals surface area (Å²) in [4.78, 5) is 14.3. The van der Waals surface area contributed by atoms with E-state index in [0.717, 1.165) is 40.3 Å². The standard InChI is InChI=1S/C21H22N4O/c1-14(2)12-25-21-18-10-6-7-11-19(18)24(15(3)26)13-16-8-4-5-9-17(16)20(21)22-23-25/h4-11,14H,12-13H2,1-3H3. The largest absolute Gasteiger partial charge is 0.308 e. The van der Waals surface area contributed by atoms with Crippen LogP contribution in [0, 0.1) is 5.92 Å². The summed E-state index contributed by atoms with van der Waals surface area (Å²) in [7, 11) is 0. The number of hydrogen-bond donors (Lipinski definition) is 0. The SMILES string of the molecule is CC(=O)N1Cc2ccccc2-c2nnn(CC(C)C)c2-c2ccccc21. The van der Waals surface area contributed by atoms with E-state index in [2.05, 4.69) is 42.4 Å². The average molecular weight is 346 g/mol. The summed E-state index contributed by atoms with van der Waals surface area (Å²) in [5.74, 6) is 0.469. The molecule has 3 aromatic rings. The van der Waals surface area contributed by atoms with Gasteiger partial charge in [0.15, 0.2) is 0 Å². The Labute approximate surface area is 153 Å². The van der Waals surface area contributed by atoms with Crippen LogP contribution < -0.4 is 4.90 Å². The van der Waals surface area contributed by atoms with Crippen LogP contribution in [0.3, 0.4) is 0 Å². The van der Waals surface area contributed by atoms with Gasteiger partial charge in [-0.2, -0.15) is 0 Å². The Bertz CT molecular complexity index is 974. The second-order valence-corrected chi connectivity index (χ2v) is 7.14. The number of benzene rings is 2. The van der Waals surface area contributed by atoms with Gasteiger partial charge in [-0.3, -0.25) is 4.79 Å². The van der Waals surface area contributed by atoms with Gasteiger partial charge in [0.1, 0.15) is 5.69 Å². The monoisotopic (exact) mass is 346 g/mol. The number of para-hydroxylation sites is 1. The minimum atomic E-state index is 0.0265. The van der Waals surface area contributed by atoms with Gasteiger partial charge in [0, 0.05) is 24.6 Å². The molecule has 0 aliphatic carbocycles. The van der Waals surface area contributed by atoms with Crippen LogP contribution in [-0.2, 0) is 17.9 Å². The highest BCUT2D eigenvalue weighted by atomic mass is 16.2. The van der Waals surface area contributed by atoms with Crippen molar-refractivity contribution < 1.29 is 4.79 Å². The zero-order valence-electron chi connectivity index (χ0n) is 15.3.